The maximum atomic E-state index is 10.6. The van der Waals surface area contributed by atoms with Crippen LogP contribution in [-0.2, 0) is 29.0 Å². The maximum Gasteiger partial charge on any atom is 0.490 e. The van der Waals surface area contributed by atoms with Crippen molar-refractivity contribution in [3.63, 3.8) is 0 Å². The summed E-state index contributed by atoms with van der Waals surface area (Å²) in [6.07, 6.45) is -2.92. The molecule has 206 valence electrons. The van der Waals surface area contributed by atoms with Gasteiger partial charge >= 0.3 is 24.3 Å². The van der Waals surface area contributed by atoms with Crippen LogP contribution in [0, 0.1) is 6.92 Å². The Labute approximate surface area is 215 Å². The first-order valence-corrected chi connectivity index (χ1v) is 11.5. The van der Waals surface area contributed by atoms with E-state index in [9.17, 15) is 26.3 Å². The van der Waals surface area contributed by atoms with E-state index in [-0.39, 0.29) is 0 Å². The first kappa shape index (κ1) is 30.6. The molecule has 38 heavy (non-hydrogen) atoms. The van der Waals surface area contributed by atoms with E-state index < -0.39 is 24.3 Å². The molecule has 0 saturated carbocycles. The highest BCUT2D eigenvalue weighted by Crippen LogP contribution is 2.25. The van der Waals surface area contributed by atoms with Crippen molar-refractivity contribution in [1.29, 1.82) is 0 Å². The average molecular weight is 565 g/mol. The van der Waals surface area contributed by atoms with Crippen molar-refractivity contribution in [1.82, 2.24) is 24.8 Å². The molecule has 4 heterocycles. The molecule has 3 aromatic heterocycles. The maximum absolute atomic E-state index is 10.6. The van der Waals surface area contributed by atoms with Crippen LogP contribution in [0.1, 0.15) is 22.0 Å². The fraction of sp³-hybridized carbons (Fsp3) is 0.364. The molecule has 16 heteroatoms. The number of carboxylic acids is 2. The van der Waals surface area contributed by atoms with Gasteiger partial charge in [-0.25, -0.2) is 24.5 Å². The SMILES string of the molecule is Cc1nc(CN2CCc3ncnc(-c4ccncc4)c3CC2)cs1.O=C(O)C(F)(F)F.O=C(O)C(F)(F)F. The van der Waals surface area contributed by atoms with Crippen molar-refractivity contribution in [2.75, 3.05) is 13.1 Å². The van der Waals surface area contributed by atoms with E-state index in [4.69, 9.17) is 19.8 Å². The first-order valence-electron chi connectivity index (χ1n) is 10.6. The second kappa shape index (κ2) is 13.2. The smallest absolute Gasteiger partial charge is 0.475 e. The summed E-state index contributed by atoms with van der Waals surface area (Å²) >= 11 is 1.72. The highest BCUT2D eigenvalue weighted by molar-refractivity contribution is 7.09. The Hall–Kier alpha value is -3.66. The molecule has 2 N–H and O–H groups in total. The lowest BCUT2D eigenvalue weighted by Crippen LogP contribution is -2.26. The zero-order chi connectivity index (χ0) is 28.5. The molecule has 9 nitrogen and oxygen atoms in total. The van der Waals surface area contributed by atoms with Crippen LogP contribution in [0.5, 0.6) is 0 Å². The number of pyridine rings is 1. The van der Waals surface area contributed by atoms with Crippen LogP contribution >= 0.6 is 11.3 Å². The van der Waals surface area contributed by atoms with Crippen molar-refractivity contribution in [3.05, 3.63) is 58.2 Å². The number of carbonyl (C=O) groups is 2. The van der Waals surface area contributed by atoms with E-state index in [1.54, 1.807) is 17.7 Å². The van der Waals surface area contributed by atoms with Gasteiger partial charge in [-0.2, -0.15) is 26.3 Å². The van der Waals surface area contributed by atoms with Crippen LogP contribution in [0.25, 0.3) is 11.3 Å². The lowest BCUT2D eigenvalue weighted by atomic mass is 10.0. The normalized spacial score (nSPS) is 13.7. The number of nitrogens with zero attached hydrogens (tertiary/aromatic N) is 5. The van der Waals surface area contributed by atoms with Gasteiger partial charge in [-0.15, -0.1) is 11.3 Å². The summed E-state index contributed by atoms with van der Waals surface area (Å²) in [5, 5.41) is 17.5. The van der Waals surface area contributed by atoms with Gasteiger partial charge in [-0.3, -0.25) is 9.88 Å². The lowest BCUT2D eigenvalue weighted by Gasteiger charge is -2.18. The van der Waals surface area contributed by atoms with Gasteiger partial charge in [0.1, 0.15) is 6.33 Å². The molecule has 4 rings (SSSR count). The molecule has 0 bridgehead atoms. The fourth-order valence-corrected chi connectivity index (χ4v) is 3.80. The Bertz CT molecular complexity index is 1200. The number of hydrogen-bond donors (Lipinski definition) is 2. The standard InChI is InChI=1S/C18H19N5S.2C2HF3O2/c1-13-22-15(11-24-13)10-23-8-4-16-17(5-9-23)20-12-21-18(16)14-2-6-19-7-3-14;2*3-2(4,5)1(6)7/h2-3,6-7,11-12H,4-5,8-10H2,1H3;2*(H,6,7). The van der Waals surface area contributed by atoms with Crippen molar-refractivity contribution in [2.45, 2.75) is 38.7 Å². The van der Waals surface area contributed by atoms with Crippen LogP contribution in [0.2, 0.25) is 0 Å². The first-order chi connectivity index (χ1) is 17.7. The molecular formula is C22H21F6N5O4S. The van der Waals surface area contributed by atoms with Gasteiger partial charge in [0.05, 0.1) is 16.4 Å². The number of alkyl halides is 6. The number of rotatable bonds is 3. The van der Waals surface area contributed by atoms with Crippen molar-refractivity contribution in [3.8, 4) is 11.3 Å². The number of thiazole rings is 1. The molecule has 1 aliphatic heterocycles. The molecule has 0 atom stereocenters. The molecule has 0 spiro atoms. The van der Waals surface area contributed by atoms with Crippen molar-refractivity contribution >= 4 is 23.3 Å². The molecular weight excluding hydrogens is 544 g/mol. The molecule has 0 radical (unpaired) electrons. The topological polar surface area (TPSA) is 129 Å². The predicted molar refractivity (Wildman–Crippen MR) is 122 cm³/mol. The van der Waals surface area contributed by atoms with E-state index in [0.29, 0.717) is 0 Å². The van der Waals surface area contributed by atoms with Crippen LogP contribution in [0.4, 0.5) is 26.3 Å². The Balaban J connectivity index is 0.000000301. The highest BCUT2D eigenvalue weighted by Gasteiger charge is 2.38. The third-order valence-electron chi connectivity index (χ3n) is 4.87. The minimum atomic E-state index is -5.08. The summed E-state index contributed by atoms with van der Waals surface area (Å²) in [7, 11) is 0. The minimum Gasteiger partial charge on any atom is -0.475 e. The summed E-state index contributed by atoms with van der Waals surface area (Å²) in [5.41, 5.74) is 5.79. The summed E-state index contributed by atoms with van der Waals surface area (Å²) in [5.74, 6) is -5.51. The molecule has 0 unspecified atom stereocenters. The van der Waals surface area contributed by atoms with Crippen molar-refractivity contribution in [2.24, 2.45) is 0 Å². The number of aryl methyl sites for hydroxylation is 1. The van der Waals surface area contributed by atoms with Crippen LogP contribution in [0.15, 0.2) is 36.2 Å². The van der Waals surface area contributed by atoms with E-state index in [1.165, 1.54) is 17.0 Å². The Morgan fingerprint density at radius 2 is 1.53 bits per heavy atom. The van der Waals surface area contributed by atoms with Gasteiger partial charge in [-0.05, 0) is 25.5 Å². The van der Waals surface area contributed by atoms with E-state index in [1.807, 2.05) is 24.5 Å². The summed E-state index contributed by atoms with van der Waals surface area (Å²) in [6.45, 7) is 4.99. The number of halogens is 6. The third-order valence-corrected chi connectivity index (χ3v) is 5.69. The molecule has 0 aromatic carbocycles. The van der Waals surface area contributed by atoms with Crippen LogP contribution in [0.3, 0.4) is 0 Å². The minimum absolute atomic E-state index is 0.913. The molecule has 0 aliphatic carbocycles. The molecule has 0 amide bonds. The Kier molecular flexibility index (Phi) is 10.6. The van der Waals surface area contributed by atoms with Crippen LogP contribution in [-0.4, -0.2) is 72.4 Å². The second-order valence-corrected chi connectivity index (χ2v) is 8.69. The molecule has 3 aromatic rings. The number of hydrogen-bond acceptors (Lipinski definition) is 8. The Morgan fingerprint density at radius 3 is 2.03 bits per heavy atom. The van der Waals surface area contributed by atoms with Crippen LogP contribution < -0.4 is 0 Å². The summed E-state index contributed by atoms with van der Waals surface area (Å²) < 4.78 is 63.5. The highest BCUT2D eigenvalue weighted by atomic mass is 32.1. The summed E-state index contributed by atoms with van der Waals surface area (Å²) in [6, 6.07) is 4.03. The van der Waals surface area contributed by atoms with Gasteiger partial charge in [0.2, 0.25) is 0 Å². The van der Waals surface area contributed by atoms with Gasteiger partial charge in [0, 0.05) is 60.6 Å². The average Bonchev–Trinajstić information content (AvgIpc) is 3.13. The molecule has 0 saturated heterocycles. The number of carboxylic acid groups (broad SMARTS) is 2. The molecule has 1 aliphatic rings. The largest absolute Gasteiger partial charge is 0.490 e. The van der Waals surface area contributed by atoms with E-state index in [2.05, 4.69) is 37.1 Å². The van der Waals surface area contributed by atoms with Gasteiger partial charge in [0.15, 0.2) is 0 Å². The lowest BCUT2D eigenvalue weighted by molar-refractivity contribution is -0.193. The Morgan fingerprint density at radius 1 is 0.974 bits per heavy atom. The monoisotopic (exact) mass is 565 g/mol. The molecule has 0 fully saturated rings. The number of aromatic nitrogens is 4. The second-order valence-electron chi connectivity index (χ2n) is 7.62. The fourth-order valence-electron chi connectivity index (χ4n) is 3.20. The summed E-state index contributed by atoms with van der Waals surface area (Å²) in [4.78, 5) is 38.0. The van der Waals surface area contributed by atoms with E-state index in [0.717, 1.165) is 48.7 Å². The zero-order valence-electron chi connectivity index (χ0n) is 19.6. The third kappa shape index (κ3) is 9.66. The number of aliphatic carboxylic acids is 2. The zero-order valence-corrected chi connectivity index (χ0v) is 20.4. The van der Waals surface area contributed by atoms with Gasteiger partial charge in [0.25, 0.3) is 0 Å². The van der Waals surface area contributed by atoms with Gasteiger partial charge < -0.3 is 10.2 Å². The van der Waals surface area contributed by atoms with E-state index >= 15 is 0 Å². The van der Waals surface area contributed by atoms with Crippen molar-refractivity contribution < 1.29 is 46.1 Å². The number of fused-ring (bicyclic) bond motifs is 1. The predicted octanol–water partition coefficient (Wildman–Crippen LogP) is 4.17. The quantitative estimate of drug-likeness (QED) is 0.450. The van der Waals surface area contributed by atoms with Gasteiger partial charge in [-0.1, -0.05) is 0 Å².